The molecule has 0 bridgehead atoms. The number of hydrogen-bond donors (Lipinski definition) is 1. The number of carbonyl (C=O) groups is 1. The maximum Gasteiger partial charge on any atom is 0.303 e. The van der Waals surface area contributed by atoms with Crippen molar-refractivity contribution in [1.29, 1.82) is 0 Å². The standard InChI is InChI=1S/C28H25F3O4/c1-34-27-12-21(23(30)14-24(27)31)17-6-8-19(22(29)10-17)25-9-7-16-4-5-18(11-26(16)35-25)20(13-28(32)33)15-2-3-15/h4-6,8,10-12,14-15,20,25H,2-3,7,9,13H2,1H3,(H,32,33). The molecule has 3 aromatic rings. The molecular weight excluding hydrogens is 457 g/mol. The first-order chi connectivity index (χ1) is 16.8. The summed E-state index contributed by atoms with van der Waals surface area (Å²) in [5.41, 5.74) is 2.60. The summed E-state index contributed by atoms with van der Waals surface area (Å²) < 4.78 is 54.4. The van der Waals surface area contributed by atoms with E-state index in [4.69, 9.17) is 9.47 Å². The van der Waals surface area contributed by atoms with Crippen LogP contribution in [-0.4, -0.2) is 18.2 Å². The van der Waals surface area contributed by atoms with Gasteiger partial charge in [0.1, 0.15) is 23.5 Å². The number of carboxylic acid groups (broad SMARTS) is 1. The fraction of sp³-hybridized carbons (Fsp3) is 0.321. The molecule has 0 aromatic heterocycles. The lowest BCUT2D eigenvalue weighted by atomic mass is 9.88. The van der Waals surface area contributed by atoms with Gasteiger partial charge >= 0.3 is 5.97 Å². The molecule has 1 N–H and O–H groups in total. The van der Waals surface area contributed by atoms with Gasteiger partial charge in [0.15, 0.2) is 11.6 Å². The number of aliphatic carboxylic acids is 1. The number of hydrogen-bond acceptors (Lipinski definition) is 3. The lowest BCUT2D eigenvalue weighted by molar-refractivity contribution is -0.137. The van der Waals surface area contributed by atoms with E-state index in [1.165, 1.54) is 19.2 Å². The predicted octanol–water partition coefficient (Wildman–Crippen LogP) is 6.81. The number of halogens is 3. The second kappa shape index (κ2) is 9.29. The highest BCUT2D eigenvalue weighted by molar-refractivity contribution is 5.68. The third-order valence-corrected chi connectivity index (χ3v) is 6.95. The molecule has 35 heavy (non-hydrogen) atoms. The van der Waals surface area contributed by atoms with Crippen LogP contribution in [0.25, 0.3) is 11.1 Å². The van der Waals surface area contributed by atoms with Crippen LogP contribution in [0.3, 0.4) is 0 Å². The van der Waals surface area contributed by atoms with Crippen molar-refractivity contribution < 1.29 is 32.5 Å². The van der Waals surface area contributed by atoms with E-state index in [-0.39, 0.29) is 29.2 Å². The Morgan fingerprint density at radius 1 is 1.03 bits per heavy atom. The number of methoxy groups -OCH3 is 1. The molecule has 4 nitrogen and oxygen atoms in total. The lowest BCUT2D eigenvalue weighted by Gasteiger charge is -2.28. The number of aryl methyl sites for hydroxylation is 1. The maximum atomic E-state index is 15.2. The van der Waals surface area contributed by atoms with Crippen LogP contribution >= 0.6 is 0 Å². The Balaban J connectivity index is 1.40. The van der Waals surface area contributed by atoms with Crippen LogP contribution in [0.2, 0.25) is 0 Å². The summed E-state index contributed by atoms with van der Waals surface area (Å²) in [6.07, 6.45) is 2.86. The van der Waals surface area contributed by atoms with E-state index in [1.54, 1.807) is 12.1 Å². The van der Waals surface area contributed by atoms with Gasteiger partial charge in [-0.05, 0) is 72.4 Å². The molecule has 2 atom stereocenters. The van der Waals surface area contributed by atoms with Crippen LogP contribution in [-0.2, 0) is 11.2 Å². The Morgan fingerprint density at radius 2 is 1.83 bits per heavy atom. The topological polar surface area (TPSA) is 55.8 Å². The van der Waals surface area contributed by atoms with Crippen LogP contribution < -0.4 is 9.47 Å². The predicted molar refractivity (Wildman–Crippen MR) is 124 cm³/mol. The smallest absolute Gasteiger partial charge is 0.303 e. The molecule has 0 radical (unpaired) electrons. The zero-order valence-electron chi connectivity index (χ0n) is 19.2. The van der Waals surface area contributed by atoms with E-state index >= 15 is 4.39 Å². The molecule has 5 rings (SSSR count). The summed E-state index contributed by atoms with van der Waals surface area (Å²) in [5.74, 6) is -2.16. The van der Waals surface area contributed by atoms with Crippen molar-refractivity contribution in [1.82, 2.24) is 0 Å². The molecule has 1 aliphatic heterocycles. The molecule has 2 aliphatic rings. The van der Waals surface area contributed by atoms with Gasteiger partial charge in [-0.25, -0.2) is 13.2 Å². The summed E-state index contributed by atoms with van der Waals surface area (Å²) in [6, 6.07) is 12.2. The highest BCUT2D eigenvalue weighted by Gasteiger charge is 2.34. The Bertz CT molecular complexity index is 1290. The minimum atomic E-state index is -0.827. The number of benzene rings is 3. The van der Waals surface area contributed by atoms with E-state index in [1.807, 2.05) is 18.2 Å². The first-order valence-electron chi connectivity index (χ1n) is 11.7. The summed E-state index contributed by atoms with van der Waals surface area (Å²) in [5, 5.41) is 9.32. The lowest BCUT2D eigenvalue weighted by Crippen LogP contribution is -2.17. The molecule has 0 spiro atoms. The number of ether oxygens (including phenoxy) is 2. The molecule has 1 aliphatic carbocycles. The largest absolute Gasteiger partial charge is 0.494 e. The van der Waals surface area contributed by atoms with E-state index in [2.05, 4.69) is 0 Å². The molecule has 2 unspecified atom stereocenters. The minimum Gasteiger partial charge on any atom is -0.494 e. The second-order valence-corrected chi connectivity index (χ2v) is 9.26. The fourth-order valence-corrected chi connectivity index (χ4v) is 4.94. The minimum absolute atomic E-state index is 0.0396. The Hall–Kier alpha value is -3.48. The molecule has 3 aromatic carbocycles. The Morgan fingerprint density at radius 3 is 2.51 bits per heavy atom. The average molecular weight is 482 g/mol. The molecular formula is C28H25F3O4. The molecule has 7 heteroatoms. The molecule has 0 amide bonds. The summed E-state index contributed by atoms with van der Waals surface area (Å²) in [6.45, 7) is 0. The fourth-order valence-electron chi connectivity index (χ4n) is 4.94. The van der Waals surface area contributed by atoms with Crippen molar-refractivity contribution in [3.63, 3.8) is 0 Å². The van der Waals surface area contributed by atoms with Gasteiger partial charge in [-0.15, -0.1) is 0 Å². The van der Waals surface area contributed by atoms with Crippen molar-refractivity contribution in [2.45, 2.75) is 44.1 Å². The van der Waals surface area contributed by atoms with Crippen LogP contribution in [0.15, 0.2) is 48.5 Å². The molecule has 0 saturated heterocycles. The van der Waals surface area contributed by atoms with E-state index < -0.39 is 29.5 Å². The summed E-state index contributed by atoms with van der Waals surface area (Å²) >= 11 is 0. The average Bonchev–Trinajstić information content (AvgIpc) is 3.67. The first-order valence-corrected chi connectivity index (χ1v) is 11.7. The van der Waals surface area contributed by atoms with E-state index in [9.17, 15) is 18.7 Å². The number of carboxylic acids is 1. The van der Waals surface area contributed by atoms with Gasteiger partial charge in [-0.3, -0.25) is 4.79 Å². The first kappa shape index (κ1) is 23.3. The van der Waals surface area contributed by atoms with E-state index in [0.29, 0.717) is 30.1 Å². The molecule has 182 valence electrons. The monoisotopic (exact) mass is 482 g/mol. The van der Waals surface area contributed by atoms with Crippen molar-refractivity contribution >= 4 is 5.97 Å². The van der Waals surface area contributed by atoms with Crippen molar-refractivity contribution in [2.24, 2.45) is 5.92 Å². The van der Waals surface area contributed by atoms with Gasteiger partial charge in [0.2, 0.25) is 0 Å². The third-order valence-electron chi connectivity index (χ3n) is 6.95. The molecule has 1 fully saturated rings. The maximum absolute atomic E-state index is 15.2. The van der Waals surface area contributed by atoms with Gasteiger partial charge in [0, 0.05) is 17.2 Å². The summed E-state index contributed by atoms with van der Waals surface area (Å²) in [4.78, 5) is 11.4. The second-order valence-electron chi connectivity index (χ2n) is 9.26. The van der Waals surface area contributed by atoms with Gasteiger partial charge in [-0.1, -0.05) is 24.3 Å². The van der Waals surface area contributed by atoms with Crippen LogP contribution in [0.4, 0.5) is 13.2 Å². The third kappa shape index (κ3) is 4.72. The van der Waals surface area contributed by atoms with Crippen molar-refractivity contribution in [3.8, 4) is 22.6 Å². The quantitative estimate of drug-likeness (QED) is 0.402. The molecule has 1 saturated carbocycles. The van der Waals surface area contributed by atoms with Gasteiger partial charge in [0.25, 0.3) is 0 Å². The van der Waals surface area contributed by atoms with Crippen LogP contribution in [0, 0.1) is 23.4 Å². The highest BCUT2D eigenvalue weighted by Crippen LogP contribution is 2.46. The van der Waals surface area contributed by atoms with Gasteiger partial charge < -0.3 is 14.6 Å². The molecule has 1 heterocycles. The van der Waals surface area contributed by atoms with Crippen molar-refractivity contribution in [3.05, 3.63) is 82.7 Å². The van der Waals surface area contributed by atoms with E-state index in [0.717, 1.165) is 30.0 Å². The van der Waals surface area contributed by atoms with Gasteiger partial charge in [-0.2, -0.15) is 0 Å². The zero-order valence-corrected chi connectivity index (χ0v) is 19.2. The number of fused-ring (bicyclic) bond motifs is 1. The summed E-state index contributed by atoms with van der Waals surface area (Å²) in [7, 11) is 1.28. The normalized spacial score (nSPS) is 17.9. The van der Waals surface area contributed by atoms with Crippen LogP contribution in [0.5, 0.6) is 11.5 Å². The van der Waals surface area contributed by atoms with Gasteiger partial charge in [0.05, 0.1) is 13.5 Å². The van der Waals surface area contributed by atoms with Crippen LogP contribution in [0.1, 0.15) is 54.4 Å². The van der Waals surface area contributed by atoms with Crippen molar-refractivity contribution in [2.75, 3.05) is 7.11 Å². The Kier molecular flexibility index (Phi) is 6.17. The number of rotatable bonds is 7. The zero-order chi connectivity index (χ0) is 24.7. The SMILES string of the molecule is COc1cc(-c2ccc(C3CCc4ccc(C(CC(=O)O)C5CC5)cc4O3)c(F)c2)c(F)cc1F. The Labute approximate surface area is 201 Å². The highest BCUT2D eigenvalue weighted by atomic mass is 19.1.